The standard InChI is InChI=1S/C13H23NO3/c15-9-11-5-2-1-4-10(11)8-14-13(16)12-6-3-7-17-12/h10-12,15H,1-9H2,(H,14,16)/t10?,11?,12-/m1/s1. The van der Waals surface area contributed by atoms with Gasteiger partial charge in [-0.05, 0) is 37.5 Å². The minimum absolute atomic E-state index is 0.0322. The van der Waals surface area contributed by atoms with Gasteiger partial charge in [0.25, 0.3) is 0 Å². The molecule has 2 unspecified atom stereocenters. The summed E-state index contributed by atoms with van der Waals surface area (Å²) in [5.74, 6) is 0.845. The minimum Gasteiger partial charge on any atom is -0.396 e. The Labute approximate surface area is 103 Å². The molecule has 0 radical (unpaired) electrons. The van der Waals surface area contributed by atoms with E-state index in [1.54, 1.807) is 0 Å². The first-order valence-electron chi connectivity index (χ1n) is 6.81. The van der Waals surface area contributed by atoms with Gasteiger partial charge in [-0.3, -0.25) is 4.79 Å². The number of rotatable bonds is 4. The summed E-state index contributed by atoms with van der Waals surface area (Å²) in [6, 6.07) is 0. The van der Waals surface area contributed by atoms with E-state index in [-0.39, 0.29) is 18.6 Å². The lowest BCUT2D eigenvalue weighted by atomic mass is 9.79. The van der Waals surface area contributed by atoms with Crippen molar-refractivity contribution in [3.63, 3.8) is 0 Å². The maximum atomic E-state index is 11.8. The number of aliphatic hydroxyl groups excluding tert-OH is 1. The second-order valence-corrected chi connectivity index (χ2v) is 5.23. The molecule has 1 saturated heterocycles. The molecule has 1 amide bonds. The van der Waals surface area contributed by atoms with Gasteiger partial charge in [0, 0.05) is 19.8 Å². The summed E-state index contributed by atoms with van der Waals surface area (Å²) in [5.41, 5.74) is 0. The Morgan fingerprint density at radius 2 is 1.94 bits per heavy atom. The van der Waals surface area contributed by atoms with Crippen molar-refractivity contribution in [3.8, 4) is 0 Å². The molecule has 0 aromatic heterocycles. The van der Waals surface area contributed by atoms with E-state index in [9.17, 15) is 9.90 Å². The van der Waals surface area contributed by atoms with Crippen LogP contribution in [-0.4, -0.2) is 36.9 Å². The molecule has 1 aliphatic carbocycles. The van der Waals surface area contributed by atoms with Crippen LogP contribution in [-0.2, 0) is 9.53 Å². The largest absolute Gasteiger partial charge is 0.396 e. The van der Waals surface area contributed by atoms with Crippen LogP contribution in [0.3, 0.4) is 0 Å². The Bertz CT molecular complexity index is 251. The predicted molar refractivity (Wildman–Crippen MR) is 64.5 cm³/mol. The first-order valence-corrected chi connectivity index (χ1v) is 6.81. The molecule has 4 heteroatoms. The summed E-state index contributed by atoms with van der Waals surface area (Å²) in [7, 11) is 0. The molecule has 2 N–H and O–H groups in total. The van der Waals surface area contributed by atoms with Crippen LogP contribution in [0.25, 0.3) is 0 Å². The fourth-order valence-corrected chi connectivity index (χ4v) is 2.92. The summed E-state index contributed by atoms with van der Waals surface area (Å²) >= 11 is 0. The number of carbonyl (C=O) groups excluding carboxylic acids is 1. The number of aliphatic hydroxyl groups is 1. The third-order valence-corrected chi connectivity index (χ3v) is 4.06. The molecule has 3 atom stereocenters. The molecule has 17 heavy (non-hydrogen) atoms. The van der Waals surface area contributed by atoms with Crippen LogP contribution in [0.2, 0.25) is 0 Å². The highest BCUT2D eigenvalue weighted by Gasteiger charge is 2.27. The first kappa shape index (κ1) is 12.8. The van der Waals surface area contributed by atoms with Gasteiger partial charge in [-0.15, -0.1) is 0 Å². The maximum Gasteiger partial charge on any atom is 0.249 e. The quantitative estimate of drug-likeness (QED) is 0.774. The normalized spacial score (nSPS) is 33.6. The van der Waals surface area contributed by atoms with E-state index < -0.39 is 0 Å². The molecule has 98 valence electrons. The van der Waals surface area contributed by atoms with E-state index in [1.807, 2.05) is 0 Å². The van der Waals surface area contributed by atoms with Crippen molar-refractivity contribution in [1.29, 1.82) is 0 Å². The third kappa shape index (κ3) is 3.42. The molecule has 0 bridgehead atoms. The molecule has 2 rings (SSSR count). The summed E-state index contributed by atoms with van der Waals surface area (Å²) in [6.07, 6.45) is 6.25. The van der Waals surface area contributed by atoms with Gasteiger partial charge in [0.05, 0.1) is 0 Å². The number of hydrogen-bond donors (Lipinski definition) is 2. The van der Waals surface area contributed by atoms with E-state index in [2.05, 4.69) is 5.32 Å². The lowest BCUT2D eigenvalue weighted by Gasteiger charge is -2.30. The maximum absolute atomic E-state index is 11.8. The van der Waals surface area contributed by atoms with Crippen molar-refractivity contribution < 1.29 is 14.6 Å². The predicted octanol–water partition coefficient (Wildman–Crippen LogP) is 1.08. The van der Waals surface area contributed by atoms with Gasteiger partial charge >= 0.3 is 0 Å². The van der Waals surface area contributed by atoms with Crippen molar-refractivity contribution in [2.75, 3.05) is 19.8 Å². The zero-order chi connectivity index (χ0) is 12.1. The average molecular weight is 241 g/mol. The van der Waals surface area contributed by atoms with E-state index in [0.717, 1.165) is 25.7 Å². The number of hydrogen-bond acceptors (Lipinski definition) is 3. The zero-order valence-corrected chi connectivity index (χ0v) is 10.4. The van der Waals surface area contributed by atoms with Crippen molar-refractivity contribution in [2.45, 2.75) is 44.6 Å². The minimum atomic E-state index is -0.230. The molecule has 2 fully saturated rings. The highest BCUT2D eigenvalue weighted by atomic mass is 16.5. The van der Waals surface area contributed by atoms with E-state index >= 15 is 0 Å². The first-order chi connectivity index (χ1) is 8.31. The van der Waals surface area contributed by atoms with Crippen LogP contribution in [0.15, 0.2) is 0 Å². The van der Waals surface area contributed by atoms with Crippen molar-refractivity contribution in [1.82, 2.24) is 5.32 Å². The van der Waals surface area contributed by atoms with Crippen molar-refractivity contribution >= 4 is 5.91 Å². The molecule has 0 aromatic rings. The second kappa shape index (κ2) is 6.36. The number of nitrogens with one attached hydrogen (secondary N) is 1. The Morgan fingerprint density at radius 1 is 1.18 bits per heavy atom. The number of amides is 1. The lowest BCUT2D eigenvalue weighted by molar-refractivity contribution is -0.130. The van der Waals surface area contributed by atoms with E-state index in [4.69, 9.17) is 4.74 Å². The molecule has 4 nitrogen and oxygen atoms in total. The van der Waals surface area contributed by atoms with Gasteiger partial charge in [0.1, 0.15) is 6.10 Å². The molecule has 2 aliphatic rings. The van der Waals surface area contributed by atoms with E-state index in [0.29, 0.717) is 25.0 Å². The molecule has 1 heterocycles. The summed E-state index contributed by atoms with van der Waals surface area (Å²) in [6.45, 7) is 1.66. The van der Waals surface area contributed by atoms with Gasteiger partial charge in [-0.2, -0.15) is 0 Å². The zero-order valence-electron chi connectivity index (χ0n) is 10.4. The monoisotopic (exact) mass is 241 g/mol. The van der Waals surface area contributed by atoms with Gasteiger partial charge in [0.15, 0.2) is 0 Å². The van der Waals surface area contributed by atoms with Gasteiger partial charge in [0.2, 0.25) is 5.91 Å². The smallest absolute Gasteiger partial charge is 0.249 e. The van der Waals surface area contributed by atoms with Gasteiger partial charge in [-0.25, -0.2) is 0 Å². The Balaban J connectivity index is 1.74. The van der Waals surface area contributed by atoms with Gasteiger partial charge < -0.3 is 15.2 Å². The fraction of sp³-hybridized carbons (Fsp3) is 0.923. The Hall–Kier alpha value is -0.610. The van der Waals surface area contributed by atoms with Crippen LogP contribution < -0.4 is 5.32 Å². The van der Waals surface area contributed by atoms with Crippen LogP contribution >= 0.6 is 0 Å². The third-order valence-electron chi connectivity index (χ3n) is 4.06. The summed E-state index contributed by atoms with van der Waals surface area (Å²) < 4.78 is 5.35. The molecule has 0 aromatic carbocycles. The van der Waals surface area contributed by atoms with Crippen molar-refractivity contribution in [2.24, 2.45) is 11.8 Å². The van der Waals surface area contributed by atoms with Crippen LogP contribution in [0, 0.1) is 11.8 Å². The van der Waals surface area contributed by atoms with Gasteiger partial charge in [-0.1, -0.05) is 12.8 Å². The average Bonchev–Trinajstić information content (AvgIpc) is 2.90. The Kier molecular flexibility index (Phi) is 4.80. The number of ether oxygens (including phenoxy) is 1. The van der Waals surface area contributed by atoms with Crippen LogP contribution in [0.4, 0.5) is 0 Å². The molecule has 1 saturated carbocycles. The summed E-state index contributed by atoms with van der Waals surface area (Å²) in [5, 5.41) is 12.3. The number of carbonyl (C=O) groups is 1. The highest BCUT2D eigenvalue weighted by molar-refractivity contribution is 5.80. The Morgan fingerprint density at radius 3 is 2.59 bits per heavy atom. The highest BCUT2D eigenvalue weighted by Crippen LogP contribution is 2.29. The molecular formula is C13H23NO3. The van der Waals surface area contributed by atoms with Crippen LogP contribution in [0.1, 0.15) is 38.5 Å². The molecular weight excluding hydrogens is 218 g/mol. The SMILES string of the molecule is O=C(NCC1CCCCC1CO)[C@H]1CCCO1. The second-order valence-electron chi connectivity index (χ2n) is 5.23. The van der Waals surface area contributed by atoms with Crippen LogP contribution in [0.5, 0.6) is 0 Å². The van der Waals surface area contributed by atoms with E-state index in [1.165, 1.54) is 12.8 Å². The lowest BCUT2D eigenvalue weighted by Crippen LogP contribution is -2.40. The van der Waals surface area contributed by atoms with Crippen molar-refractivity contribution in [3.05, 3.63) is 0 Å². The topological polar surface area (TPSA) is 58.6 Å². The summed E-state index contributed by atoms with van der Waals surface area (Å²) in [4.78, 5) is 11.8. The molecule has 1 aliphatic heterocycles. The fourth-order valence-electron chi connectivity index (χ4n) is 2.92. The molecule has 0 spiro atoms.